The van der Waals surface area contributed by atoms with Crippen LogP contribution in [0, 0.1) is 0 Å². The molecule has 1 atom stereocenters. The Labute approximate surface area is 231 Å². The second-order valence-corrected chi connectivity index (χ2v) is 9.68. The molecule has 14 heteroatoms. The highest BCUT2D eigenvalue weighted by Crippen LogP contribution is 2.41. The van der Waals surface area contributed by atoms with Gasteiger partial charge in [0, 0.05) is 24.7 Å². The number of fused-ring (bicyclic) bond motifs is 2. The normalized spacial score (nSPS) is 17.2. The maximum absolute atomic E-state index is 14.9. The van der Waals surface area contributed by atoms with Crippen molar-refractivity contribution in [1.29, 1.82) is 0 Å². The summed E-state index contributed by atoms with van der Waals surface area (Å²) in [5, 5.41) is 7.99. The van der Waals surface area contributed by atoms with Crippen molar-refractivity contribution in [1.82, 2.24) is 34.4 Å². The van der Waals surface area contributed by atoms with E-state index in [4.69, 9.17) is 25.8 Å². The van der Waals surface area contributed by atoms with E-state index in [0.29, 0.717) is 51.1 Å². The zero-order valence-corrected chi connectivity index (χ0v) is 22.1. The maximum atomic E-state index is 14.9. The molecule has 4 aromatic heterocycles. The molecule has 0 radical (unpaired) electrons. The number of alkyl halides is 2. The first kappa shape index (κ1) is 25.9. The molecule has 1 aliphatic heterocycles. The fourth-order valence-electron chi connectivity index (χ4n) is 4.50. The van der Waals surface area contributed by atoms with Crippen molar-refractivity contribution < 1.29 is 23.0 Å². The summed E-state index contributed by atoms with van der Waals surface area (Å²) in [6, 6.07) is 6.84. The number of ether oxygens (including phenoxy) is 3. The van der Waals surface area contributed by atoms with E-state index in [1.165, 1.54) is 19.6 Å². The number of methoxy groups -OCH3 is 1. The molecule has 11 nitrogen and oxygen atoms in total. The van der Waals surface area contributed by atoms with Crippen LogP contribution in [0.25, 0.3) is 16.6 Å². The topological polar surface area (TPSA) is 112 Å². The summed E-state index contributed by atoms with van der Waals surface area (Å²) in [6.45, 7) is 0.0414. The van der Waals surface area contributed by atoms with Crippen LogP contribution in [0.15, 0.2) is 55.4 Å². The van der Waals surface area contributed by atoms with Crippen LogP contribution in [0.4, 0.5) is 20.3 Å². The van der Waals surface area contributed by atoms with Crippen LogP contribution in [-0.4, -0.2) is 73.7 Å². The van der Waals surface area contributed by atoms with Gasteiger partial charge in [0.2, 0.25) is 0 Å². The predicted molar refractivity (Wildman–Crippen MR) is 143 cm³/mol. The smallest absolute Gasteiger partial charge is 0.296 e. The molecule has 40 heavy (non-hydrogen) atoms. The van der Waals surface area contributed by atoms with Gasteiger partial charge in [-0.3, -0.25) is 0 Å². The van der Waals surface area contributed by atoms with Gasteiger partial charge in [-0.1, -0.05) is 11.6 Å². The lowest BCUT2D eigenvalue weighted by molar-refractivity contribution is -0.135. The predicted octanol–water partition coefficient (Wildman–Crippen LogP) is 4.98. The molecule has 1 N–H and O–H groups in total. The van der Waals surface area contributed by atoms with Crippen molar-refractivity contribution in [2.45, 2.75) is 18.4 Å². The van der Waals surface area contributed by atoms with E-state index in [2.05, 4.69) is 30.4 Å². The molecular weight excluding hydrogens is 546 g/mol. The summed E-state index contributed by atoms with van der Waals surface area (Å²) >= 11 is 6.53. The van der Waals surface area contributed by atoms with E-state index in [0.717, 1.165) is 0 Å². The number of aromatic nitrogens is 6. The van der Waals surface area contributed by atoms with Gasteiger partial charge in [0.25, 0.3) is 11.8 Å². The molecular formula is C26H23ClF2N8O3. The molecule has 1 saturated heterocycles. The van der Waals surface area contributed by atoms with E-state index >= 15 is 0 Å². The van der Waals surface area contributed by atoms with Crippen LogP contribution >= 0.6 is 11.6 Å². The van der Waals surface area contributed by atoms with Gasteiger partial charge in [-0.15, -0.1) is 0 Å². The summed E-state index contributed by atoms with van der Waals surface area (Å²) in [6.07, 6.45) is 6.45. The number of benzene rings is 1. The molecule has 0 aliphatic carbocycles. The molecule has 1 aromatic carbocycles. The molecule has 0 unspecified atom stereocenters. The van der Waals surface area contributed by atoms with Gasteiger partial charge in [-0.2, -0.15) is 5.10 Å². The van der Waals surface area contributed by atoms with Crippen molar-refractivity contribution >= 4 is 39.7 Å². The standard InChI is InChI=1S/C26H23ClF2N8O3/c1-36-8-6-20(26(28,29)13-36)40-23-22-18(11-31-25(23)38-2)32-14-33-24(22)35-15-3-4-19(17(27)9-15)39-16-10-30-21-5-7-34-37(21)12-16/h3-5,7,9-12,14,20H,6,8,13H2,1-2H3,(H,32,33,35)/t20-/m0/s1. The fraction of sp³-hybridized carbons (Fsp3) is 0.269. The molecule has 0 saturated carbocycles. The Kier molecular flexibility index (Phi) is 6.68. The number of nitrogens with zero attached hydrogens (tertiary/aromatic N) is 7. The minimum absolute atomic E-state index is 0.0323. The molecule has 5 heterocycles. The summed E-state index contributed by atoms with van der Waals surface area (Å²) in [5.74, 6) is -1.85. The number of nitrogens with one attached hydrogen (secondary N) is 1. The number of halogens is 3. The molecule has 206 valence electrons. The van der Waals surface area contributed by atoms with E-state index in [1.54, 1.807) is 59.3 Å². The van der Waals surface area contributed by atoms with Gasteiger partial charge >= 0.3 is 0 Å². The lowest BCUT2D eigenvalue weighted by Crippen LogP contribution is -2.52. The van der Waals surface area contributed by atoms with Crippen LogP contribution in [0.1, 0.15) is 6.42 Å². The van der Waals surface area contributed by atoms with Crippen molar-refractivity contribution in [3.8, 4) is 23.1 Å². The second kappa shape index (κ2) is 10.3. The first-order chi connectivity index (χ1) is 19.3. The quantitative estimate of drug-likeness (QED) is 0.288. The van der Waals surface area contributed by atoms with E-state index in [1.807, 2.05) is 0 Å². The number of likely N-dealkylation sites (tertiary alicyclic amines) is 1. The lowest BCUT2D eigenvalue weighted by atomic mass is 10.0. The average Bonchev–Trinajstić information content (AvgIpc) is 3.39. The Morgan fingerprint density at radius 1 is 1.12 bits per heavy atom. The zero-order valence-electron chi connectivity index (χ0n) is 21.4. The Morgan fingerprint density at radius 3 is 2.80 bits per heavy atom. The van der Waals surface area contributed by atoms with Crippen LogP contribution in [0.5, 0.6) is 23.1 Å². The summed E-state index contributed by atoms with van der Waals surface area (Å²) in [5.41, 5.74) is 1.63. The first-order valence-electron chi connectivity index (χ1n) is 12.3. The van der Waals surface area contributed by atoms with Gasteiger partial charge in [0.15, 0.2) is 23.3 Å². The molecule has 1 aliphatic rings. The lowest BCUT2D eigenvalue weighted by Gasteiger charge is -2.36. The molecule has 0 amide bonds. The third kappa shape index (κ3) is 5.00. The summed E-state index contributed by atoms with van der Waals surface area (Å²) < 4.78 is 48.5. The van der Waals surface area contributed by atoms with Crippen molar-refractivity contribution in [3.05, 3.63) is 60.4 Å². The maximum Gasteiger partial charge on any atom is 0.296 e. The van der Waals surface area contributed by atoms with Gasteiger partial charge in [-0.25, -0.2) is 33.2 Å². The SMILES string of the molecule is COc1ncc2ncnc(Nc3ccc(Oc4cnc5ccnn5c4)c(Cl)c3)c2c1O[C@H]1CCN(C)CC1(F)F. The van der Waals surface area contributed by atoms with Gasteiger partial charge < -0.3 is 24.4 Å². The Bertz CT molecular complexity index is 1700. The Morgan fingerprint density at radius 2 is 2.00 bits per heavy atom. The first-order valence-corrected chi connectivity index (χ1v) is 12.6. The monoisotopic (exact) mass is 568 g/mol. The molecule has 6 rings (SSSR count). The van der Waals surface area contributed by atoms with Crippen LogP contribution in [-0.2, 0) is 0 Å². The minimum atomic E-state index is -3.08. The molecule has 5 aromatic rings. The van der Waals surface area contributed by atoms with E-state index < -0.39 is 18.6 Å². The van der Waals surface area contributed by atoms with Crippen LogP contribution in [0.2, 0.25) is 5.02 Å². The molecule has 0 bridgehead atoms. The third-order valence-electron chi connectivity index (χ3n) is 6.43. The van der Waals surface area contributed by atoms with Crippen molar-refractivity contribution in [2.75, 3.05) is 32.6 Å². The number of anilines is 2. The Balaban J connectivity index is 1.31. The largest absolute Gasteiger partial charge is 0.478 e. The number of rotatable bonds is 7. The number of pyridine rings is 1. The van der Waals surface area contributed by atoms with E-state index in [-0.39, 0.29) is 18.1 Å². The third-order valence-corrected chi connectivity index (χ3v) is 6.72. The zero-order chi connectivity index (χ0) is 27.9. The highest BCUT2D eigenvalue weighted by Gasteiger charge is 2.46. The molecule has 1 fully saturated rings. The average molecular weight is 569 g/mol. The minimum Gasteiger partial charge on any atom is -0.478 e. The van der Waals surface area contributed by atoms with Crippen LogP contribution in [0.3, 0.4) is 0 Å². The number of hydrogen-bond acceptors (Lipinski definition) is 10. The summed E-state index contributed by atoms with van der Waals surface area (Å²) in [7, 11) is 3.04. The van der Waals surface area contributed by atoms with Crippen molar-refractivity contribution in [2.24, 2.45) is 0 Å². The van der Waals surface area contributed by atoms with Gasteiger partial charge in [0.1, 0.15) is 17.9 Å². The Hall–Kier alpha value is -4.36. The second-order valence-electron chi connectivity index (χ2n) is 9.27. The number of hydrogen-bond donors (Lipinski definition) is 1. The van der Waals surface area contributed by atoms with Crippen LogP contribution < -0.4 is 19.5 Å². The summed E-state index contributed by atoms with van der Waals surface area (Å²) in [4.78, 5) is 18.7. The number of piperidine rings is 1. The molecule has 0 spiro atoms. The van der Waals surface area contributed by atoms with Gasteiger partial charge in [0.05, 0.1) is 54.4 Å². The highest BCUT2D eigenvalue weighted by molar-refractivity contribution is 6.32. The highest BCUT2D eigenvalue weighted by atomic mass is 35.5. The van der Waals surface area contributed by atoms with E-state index in [9.17, 15) is 8.78 Å². The van der Waals surface area contributed by atoms with Crippen molar-refractivity contribution in [3.63, 3.8) is 0 Å². The fourth-order valence-corrected chi connectivity index (χ4v) is 4.72. The van der Waals surface area contributed by atoms with Gasteiger partial charge in [-0.05, 0) is 25.2 Å².